The largest absolute Gasteiger partial charge is 0.504 e. The summed E-state index contributed by atoms with van der Waals surface area (Å²) in [5.41, 5.74) is 2.13. The molecule has 1 atom stereocenters. The molecule has 4 N–H and O–H groups in total. The van der Waals surface area contributed by atoms with Gasteiger partial charge in [-0.05, 0) is 107 Å². The van der Waals surface area contributed by atoms with Crippen molar-refractivity contribution < 1.29 is 20.4 Å². The average Bonchev–Trinajstić information content (AvgIpc) is 3.23. The van der Waals surface area contributed by atoms with Gasteiger partial charge in [0, 0.05) is 12.6 Å². The molecule has 182 valence electrons. The zero-order valence-corrected chi connectivity index (χ0v) is 19.9. The van der Waals surface area contributed by atoms with E-state index in [1.54, 1.807) is 24.3 Å². The molecule has 6 nitrogen and oxygen atoms in total. The molecule has 0 radical (unpaired) electrons. The summed E-state index contributed by atoms with van der Waals surface area (Å²) in [6, 6.07) is 10.8. The minimum atomic E-state index is -0.0642. The highest BCUT2D eigenvalue weighted by Crippen LogP contribution is 2.28. The van der Waals surface area contributed by atoms with Crippen molar-refractivity contribution in [1.82, 2.24) is 9.80 Å². The molecule has 3 rings (SSSR count). The molecule has 33 heavy (non-hydrogen) atoms. The summed E-state index contributed by atoms with van der Waals surface area (Å²) < 4.78 is 0. The fraction of sp³-hybridized carbons (Fsp3) is 0.556. The standard InChI is InChI=1S/C27H40N2O4/c1-2-13-28(17-12-21-8-10-24(30)26(32)19-21)14-4-3-5-15-29-16-6-7-23(29)18-22-9-11-25(31)27(33)20-22/h8-11,19-20,23,30-33H,2-7,12-18H2,1H3/t23-/m1/s1. The zero-order chi connectivity index (χ0) is 23.6. The molecule has 6 heteroatoms. The Bertz CT molecular complexity index is 873. The van der Waals surface area contributed by atoms with E-state index in [0.717, 1.165) is 63.1 Å². The third-order valence-corrected chi connectivity index (χ3v) is 6.73. The van der Waals surface area contributed by atoms with Crippen molar-refractivity contribution in [1.29, 1.82) is 0 Å². The second kappa shape index (κ2) is 12.7. The van der Waals surface area contributed by atoms with Crippen LogP contribution in [0, 0.1) is 0 Å². The molecule has 0 saturated carbocycles. The number of likely N-dealkylation sites (tertiary alicyclic amines) is 1. The lowest BCUT2D eigenvalue weighted by atomic mass is 10.0. The lowest BCUT2D eigenvalue weighted by Gasteiger charge is -2.25. The van der Waals surface area contributed by atoms with Crippen LogP contribution in [0.2, 0.25) is 0 Å². The highest BCUT2D eigenvalue weighted by Gasteiger charge is 2.24. The van der Waals surface area contributed by atoms with Crippen LogP contribution in [0.4, 0.5) is 0 Å². The summed E-state index contributed by atoms with van der Waals surface area (Å²) in [7, 11) is 0. The number of aromatic hydroxyl groups is 4. The predicted octanol–water partition coefficient (Wildman–Crippen LogP) is 4.64. The van der Waals surface area contributed by atoms with Gasteiger partial charge in [-0.25, -0.2) is 0 Å². The van der Waals surface area contributed by atoms with E-state index in [4.69, 9.17) is 0 Å². The molecule has 0 amide bonds. The van der Waals surface area contributed by atoms with Crippen molar-refractivity contribution in [3.05, 3.63) is 47.5 Å². The molecule has 1 aliphatic rings. The lowest BCUT2D eigenvalue weighted by Crippen LogP contribution is -2.32. The lowest BCUT2D eigenvalue weighted by molar-refractivity contribution is 0.238. The monoisotopic (exact) mass is 456 g/mol. The second-order valence-corrected chi connectivity index (χ2v) is 9.33. The summed E-state index contributed by atoms with van der Waals surface area (Å²) >= 11 is 0. The van der Waals surface area contributed by atoms with Crippen molar-refractivity contribution in [2.45, 2.75) is 64.3 Å². The van der Waals surface area contributed by atoms with Crippen LogP contribution in [0.25, 0.3) is 0 Å². The molecule has 0 unspecified atom stereocenters. The van der Waals surface area contributed by atoms with Crippen molar-refractivity contribution in [3.8, 4) is 23.0 Å². The molecule has 1 fully saturated rings. The van der Waals surface area contributed by atoms with Gasteiger partial charge < -0.3 is 30.2 Å². The van der Waals surface area contributed by atoms with Gasteiger partial charge in [0.15, 0.2) is 23.0 Å². The first-order valence-corrected chi connectivity index (χ1v) is 12.4. The number of phenols is 4. The van der Waals surface area contributed by atoms with E-state index < -0.39 is 0 Å². The molecule has 1 saturated heterocycles. The highest BCUT2D eigenvalue weighted by atomic mass is 16.3. The summed E-state index contributed by atoms with van der Waals surface area (Å²) in [5.74, 6) is -0.196. The molecular formula is C27H40N2O4. The minimum absolute atomic E-state index is 0.0316. The molecule has 0 aromatic heterocycles. The van der Waals surface area contributed by atoms with E-state index in [1.165, 1.54) is 32.1 Å². The summed E-state index contributed by atoms with van der Waals surface area (Å²) in [5, 5.41) is 38.5. The number of unbranched alkanes of at least 4 members (excludes halogenated alkanes) is 2. The van der Waals surface area contributed by atoms with Crippen molar-refractivity contribution in [2.75, 3.05) is 32.7 Å². The van der Waals surface area contributed by atoms with Crippen LogP contribution < -0.4 is 0 Å². The van der Waals surface area contributed by atoms with E-state index in [2.05, 4.69) is 16.7 Å². The Labute approximate surface area is 198 Å². The maximum absolute atomic E-state index is 9.76. The highest BCUT2D eigenvalue weighted by molar-refractivity contribution is 5.41. The van der Waals surface area contributed by atoms with Gasteiger partial charge in [0.2, 0.25) is 0 Å². The Hall–Kier alpha value is -2.44. The van der Waals surface area contributed by atoms with E-state index in [1.807, 2.05) is 12.1 Å². The van der Waals surface area contributed by atoms with Crippen LogP contribution in [0.1, 0.15) is 56.6 Å². The fourth-order valence-corrected chi connectivity index (χ4v) is 4.88. The van der Waals surface area contributed by atoms with Crippen molar-refractivity contribution >= 4 is 0 Å². The first kappa shape index (κ1) is 25.2. The van der Waals surface area contributed by atoms with Crippen LogP contribution in [-0.2, 0) is 12.8 Å². The van der Waals surface area contributed by atoms with Gasteiger partial charge in [-0.2, -0.15) is 0 Å². The molecule has 1 aliphatic heterocycles. The molecular weight excluding hydrogens is 416 g/mol. The second-order valence-electron chi connectivity index (χ2n) is 9.33. The Kier molecular flexibility index (Phi) is 9.70. The third kappa shape index (κ3) is 7.83. The Morgan fingerprint density at radius 3 is 2.21 bits per heavy atom. The Morgan fingerprint density at radius 2 is 1.52 bits per heavy atom. The normalized spacial score (nSPS) is 16.6. The molecule has 2 aromatic rings. The van der Waals surface area contributed by atoms with Gasteiger partial charge in [-0.3, -0.25) is 0 Å². The number of rotatable bonds is 13. The quantitative estimate of drug-likeness (QED) is 0.259. The van der Waals surface area contributed by atoms with Gasteiger partial charge in [0.1, 0.15) is 0 Å². The van der Waals surface area contributed by atoms with Crippen LogP contribution in [0.15, 0.2) is 36.4 Å². The molecule has 0 aliphatic carbocycles. The van der Waals surface area contributed by atoms with Gasteiger partial charge in [0.25, 0.3) is 0 Å². The third-order valence-electron chi connectivity index (χ3n) is 6.73. The number of hydrogen-bond acceptors (Lipinski definition) is 6. The molecule has 2 aromatic carbocycles. The van der Waals surface area contributed by atoms with Crippen LogP contribution >= 0.6 is 0 Å². The first-order chi connectivity index (χ1) is 16.0. The van der Waals surface area contributed by atoms with Gasteiger partial charge in [-0.1, -0.05) is 25.5 Å². The molecule has 1 heterocycles. The maximum atomic E-state index is 9.76. The number of hydrogen-bond donors (Lipinski definition) is 4. The van der Waals surface area contributed by atoms with Gasteiger partial charge in [-0.15, -0.1) is 0 Å². The van der Waals surface area contributed by atoms with E-state index in [0.29, 0.717) is 6.04 Å². The number of nitrogens with zero attached hydrogens (tertiary/aromatic N) is 2. The van der Waals surface area contributed by atoms with E-state index in [9.17, 15) is 20.4 Å². The summed E-state index contributed by atoms with van der Waals surface area (Å²) in [6.45, 7) is 7.61. The number of phenolic OH excluding ortho intramolecular Hbond substituents is 4. The van der Waals surface area contributed by atoms with Crippen molar-refractivity contribution in [3.63, 3.8) is 0 Å². The average molecular weight is 457 g/mol. The summed E-state index contributed by atoms with van der Waals surface area (Å²) in [4.78, 5) is 5.09. The van der Waals surface area contributed by atoms with Crippen LogP contribution in [0.5, 0.6) is 23.0 Å². The zero-order valence-electron chi connectivity index (χ0n) is 19.9. The van der Waals surface area contributed by atoms with Crippen molar-refractivity contribution in [2.24, 2.45) is 0 Å². The topological polar surface area (TPSA) is 87.4 Å². The minimum Gasteiger partial charge on any atom is -0.504 e. The van der Waals surface area contributed by atoms with Crippen LogP contribution in [0.3, 0.4) is 0 Å². The molecule has 0 spiro atoms. The SMILES string of the molecule is CCCN(CCCCCN1CCC[C@@H]1Cc1ccc(O)c(O)c1)CCc1ccc(O)c(O)c1. The number of benzene rings is 2. The maximum Gasteiger partial charge on any atom is 0.157 e. The Balaban J connectivity index is 1.36. The predicted molar refractivity (Wildman–Crippen MR) is 132 cm³/mol. The van der Waals surface area contributed by atoms with Gasteiger partial charge in [0.05, 0.1) is 0 Å². The summed E-state index contributed by atoms with van der Waals surface area (Å²) in [6.07, 6.45) is 8.94. The van der Waals surface area contributed by atoms with Gasteiger partial charge >= 0.3 is 0 Å². The van der Waals surface area contributed by atoms with E-state index in [-0.39, 0.29) is 23.0 Å². The first-order valence-electron chi connectivity index (χ1n) is 12.4. The Morgan fingerprint density at radius 1 is 0.818 bits per heavy atom. The smallest absolute Gasteiger partial charge is 0.157 e. The molecule has 0 bridgehead atoms. The van der Waals surface area contributed by atoms with E-state index >= 15 is 0 Å². The van der Waals surface area contributed by atoms with Crippen LogP contribution in [-0.4, -0.2) is 69.0 Å². The fourth-order valence-electron chi connectivity index (χ4n) is 4.88.